The number of benzene rings is 2. The van der Waals surface area contributed by atoms with Crippen molar-refractivity contribution in [3.05, 3.63) is 71.7 Å². The molecule has 0 aliphatic carbocycles. The van der Waals surface area contributed by atoms with Gasteiger partial charge < -0.3 is 14.8 Å². The Morgan fingerprint density at radius 2 is 1.80 bits per heavy atom. The first kappa shape index (κ1) is 20.2. The SMILES string of the molecule is CC(=O)Nc1cccc(-c2ccoc2C(=O)NNC(=O)c2ccc(O)c(C#N)c2)c1. The van der Waals surface area contributed by atoms with Crippen molar-refractivity contribution < 1.29 is 23.9 Å². The summed E-state index contributed by atoms with van der Waals surface area (Å²) in [4.78, 5) is 36.0. The van der Waals surface area contributed by atoms with Gasteiger partial charge in [0.15, 0.2) is 0 Å². The fourth-order valence-electron chi connectivity index (χ4n) is 2.69. The Kier molecular flexibility index (Phi) is 5.79. The molecule has 1 heterocycles. The van der Waals surface area contributed by atoms with Gasteiger partial charge in [0.1, 0.15) is 11.8 Å². The van der Waals surface area contributed by atoms with Crippen LogP contribution in [0.2, 0.25) is 0 Å². The number of carbonyl (C=O) groups excluding carboxylic acids is 3. The van der Waals surface area contributed by atoms with Gasteiger partial charge in [0.25, 0.3) is 5.91 Å². The van der Waals surface area contributed by atoms with E-state index in [0.29, 0.717) is 16.8 Å². The Balaban J connectivity index is 1.74. The summed E-state index contributed by atoms with van der Waals surface area (Å²) in [5.41, 5.74) is 6.13. The molecule has 0 fully saturated rings. The zero-order valence-electron chi connectivity index (χ0n) is 15.7. The number of phenolic OH excluding ortho intramolecular Hbond substituents is 1. The molecule has 30 heavy (non-hydrogen) atoms. The molecule has 0 spiro atoms. The molecule has 9 nitrogen and oxygen atoms in total. The molecular weight excluding hydrogens is 388 g/mol. The van der Waals surface area contributed by atoms with Gasteiger partial charge in [-0.1, -0.05) is 12.1 Å². The predicted octanol–water partition coefficient (Wildman–Crippen LogP) is 2.56. The number of anilines is 1. The predicted molar refractivity (Wildman–Crippen MR) is 106 cm³/mol. The van der Waals surface area contributed by atoms with E-state index in [0.717, 1.165) is 0 Å². The summed E-state index contributed by atoms with van der Waals surface area (Å²) in [5.74, 6) is -1.90. The average Bonchev–Trinajstić information content (AvgIpc) is 3.22. The molecule has 1 aromatic heterocycles. The first-order valence-electron chi connectivity index (χ1n) is 8.68. The van der Waals surface area contributed by atoms with E-state index in [-0.39, 0.29) is 28.5 Å². The third kappa shape index (κ3) is 4.45. The molecule has 0 aliphatic rings. The van der Waals surface area contributed by atoms with Gasteiger partial charge >= 0.3 is 5.91 Å². The van der Waals surface area contributed by atoms with Gasteiger partial charge in [0, 0.05) is 23.7 Å². The van der Waals surface area contributed by atoms with Crippen LogP contribution in [0.25, 0.3) is 11.1 Å². The summed E-state index contributed by atoms with van der Waals surface area (Å²) in [5, 5.41) is 21.1. The Labute approximate surface area is 170 Å². The molecule has 3 aromatic rings. The highest BCUT2D eigenvalue weighted by Crippen LogP contribution is 2.27. The van der Waals surface area contributed by atoms with Gasteiger partial charge in [-0.2, -0.15) is 5.26 Å². The van der Waals surface area contributed by atoms with Crippen LogP contribution in [0.1, 0.15) is 33.4 Å². The normalized spacial score (nSPS) is 10.0. The first-order chi connectivity index (χ1) is 14.4. The largest absolute Gasteiger partial charge is 0.507 e. The highest BCUT2D eigenvalue weighted by atomic mass is 16.3. The van der Waals surface area contributed by atoms with Crippen LogP contribution in [0, 0.1) is 11.3 Å². The van der Waals surface area contributed by atoms with Crippen LogP contribution in [-0.2, 0) is 4.79 Å². The molecule has 9 heteroatoms. The van der Waals surface area contributed by atoms with Crippen molar-refractivity contribution in [2.24, 2.45) is 0 Å². The Hall–Kier alpha value is -4.58. The van der Waals surface area contributed by atoms with Crippen molar-refractivity contribution in [3.63, 3.8) is 0 Å². The van der Waals surface area contributed by atoms with E-state index in [1.165, 1.54) is 31.4 Å². The molecule has 150 valence electrons. The van der Waals surface area contributed by atoms with Crippen LogP contribution in [0.5, 0.6) is 5.75 Å². The minimum absolute atomic E-state index is 0.0429. The molecule has 0 radical (unpaired) electrons. The smallest absolute Gasteiger partial charge is 0.306 e. The summed E-state index contributed by atoms with van der Waals surface area (Å²) in [7, 11) is 0. The Bertz CT molecular complexity index is 1180. The summed E-state index contributed by atoms with van der Waals surface area (Å²) in [6.07, 6.45) is 1.33. The van der Waals surface area contributed by atoms with E-state index >= 15 is 0 Å². The molecule has 0 aliphatic heterocycles. The minimum Gasteiger partial charge on any atom is -0.507 e. The molecule has 0 saturated heterocycles. The monoisotopic (exact) mass is 404 g/mol. The van der Waals surface area contributed by atoms with Crippen molar-refractivity contribution in [1.82, 2.24) is 10.9 Å². The summed E-state index contributed by atoms with van der Waals surface area (Å²) < 4.78 is 5.27. The molecule has 0 atom stereocenters. The zero-order chi connectivity index (χ0) is 21.7. The quantitative estimate of drug-likeness (QED) is 0.492. The van der Waals surface area contributed by atoms with Crippen molar-refractivity contribution in [2.75, 3.05) is 5.32 Å². The van der Waals surface area contributed by atoms with E-state index in [9.17, 15) is 19.5 Å². The molecular formula is C21H16N4O5. The first-order valence-corrected chi connectivity index (χ1v) is 8.68. The maximum absolute atomic E-state index is 12.5. The zero-order valence-corrected chi connectivity index (χ0v) is 15.7. The fourth-order valence-corrected chi connectivity index (χ4v) is 2.69. The lowest BCUT2D eigenvalue weighted by atomic mass is 10.1. The number of hydrogen-bond donors (Lipinski definition) is 4. The topological polar surface area (TPSA) is 144 Å². The highest BCUT2D eigenvalue weighted by molar-refractivity contribution is 6.01. The van der Waals surface area contributed by atoms with Gasteiger partial charge in [0.05, 0.1) is 11.8 Å². The number of hydrogen-bond acceptors (Lipinski definition) is 6. The number of furan rings is 1. The Morgan fingerprint density at radius 1 is 1.03 bits per heavy atom. The molecule has 0 unspecified atom stereocenters. The Morgan fingerprint density at radius 3 is 2.53 bits per heavy atom. The molecule has 4 N–H and O–H groups in total. The van der Waals surface area contributed by atoms with Gasteiger partial charge in [-0.3, -0.25) is 25.2 Å². The fraction of sp³-hybridized carbons (Fsp3) is 0.0476. The van der Waals surface area contributed by atoms with Crippen molar-refractivity contribution >= 4 is 23.4 Å². The van der Waals surface area contributed by atoms with E-state index in [2.05, 4.69) is 16.2 Å². The summed E-state index contributed by atoms with van der Waals surface area (Å²) >= 11 is 0. The van der Waals surface area contributed by atoms with Gasteiger partial charge in [-0.15, -0.1) is 0 Å². The number of phenols is 1. The van der Waals surface area contributed by atoms with Crippen LogP contribution < -0.4 is 16.2 Å². The summed E-state index contributed by atoms with van der Waals surface area (Å²) in [6, 6.07) is 13.9. The number of nitrogens with zero attached hydrogens (tertiary/aromatic N) is 1. The number of nitriles is 1. The second-order valence-corrected chi connectivity index (χ2v) is 6.18. The summed E-state index contributed by atoms with van der Waals surface area (Å²) in [6.45, 7) is 1.39. The van der Waals surface area contributed by atoms with Crippen LogP contribution in [-0.4, -0.2) is 22.8 Å². The highest BCUT2D eigenvalue weighted by Gasteiger charge is 2.18. The second-order valence-electron chi connectivity index (χ2n) is 6.18. The minimum atomic E-state index is -0.701. The molecule has 3 amide bonds. The molecule has 3 rings (SSSR count). The number of hydrazine groups is 1. The lowest BCUT2D eigenvalue weighted by molar-refractivity contribution is -0.114. The average molecular weight is 404 g/mol. The van der Waals surface area contributed by atoms with Gasteiger partial charge in [-0.05, 0) is 42.0 Å². The van der Waals surface area contributed by atoms with E-state index in [1.807, 2.05) is 0 Å². The third-order valence-electron chi connectivity index (χ3n) is 4.03. The number of nitrogens with one attached hydrogen (secondary N) is 3. The van der Waals surface area contributed by atoms with Crippen molar-refractivity contribution in [2.45, 2.75) is 6.92 Å². The van der Waals surface area contributed by atoms with Crippen LogP contribution in [0.3, 0.4) is 0 Å². The van der Waals surface area contributed by atoms with E-state index < -0.39 is 11.8 Å². The van der Waals surface area contributed by atoms with E-state index in [4.69, 9.17) is 9.68 Å². The standard InChI is InChI=1S/C21H16N4O5/c1-12(26)23-16-4-2-3-13(10-16)17-7-8-30-19(17)21(29)25-24-20(28)14-5-6-18(27)15(9-14)11-22/h2-10,27H,1H3,(H,23,26)(H,24,28)(H,25,29). The molecule has 0 bridgehead atoms. The maximum Gasteiger partial charge on any atom is 0.306 e. The number of aromatic hydroxyl groups is 1. The van der Waals surface area contributed by atoms with E-state index in [1.54, 1.807) is 36.4 Å². The van der Waals surface area contributed by atoms with Crippen LogP contribution >= 0.6 is 0 Å². The molecule has 0 saturated carbocycles. The van der Waals surface area contributed by atoms with Gasteiger partial charge in [0.2, 0.25) is 11.7 Å². The van der Waals surface area contributed by atoms with Crippen molar-refractivity contribution in [3.8, 4) is 22.9 Å². The van der Waals surface area contributed by atoms with Crippen LogP contribution in [0.15, 0.2) is 59.2 Å². The lowest BCUT2D eigenvalue weighted by Gasteiger charge is -2.09. The number of amides is 3. The maximum atomic E-state index is 12.5. The van der Waals surface area contributed by atoms with Crippen LogP contribution in [0.4, 0.5) is 5.69 Å². The molecule has 2 aromatic carbocycles. The number of carbonyl (C=O) groups is 3. The number of rotatable bonds is 4. The third-order valence-corrected chi connectivity index (χ3v) is 4.03. The van der Waals surface area contributed by atoms with Crippen molar-refractivity contribution in [1.29, 1.82) is 5.26 Å². The second kappa shape index (κ2) is 8.62. The van der Waals surface area contributed by atoms with Gasteiger partial charge in [-0.25, -0.2) is 0 Å². The lowest BCUT2D eigenvalue weighted by Crippen LogP contribution is -2.41.